The number of rotatable bonds is 0. The SMILES string of the molecule is OBO.c1cc2cc-2c1.c1ccncc1. The molecular weight excluding hydrogens is 189 g/mol. The van der Waals surface area contributed by atoms with Crippen LogP contribution in [0.25, 0.3) is 11.1 Å². The van der Waals surface area contributed by atoms with Crippen molar-refractivity contribution in [2.45, 2.75) is 0 Å². The number of benzene rings is 1. The fourth-order valence-corrected chi connectivity index (χ4v) is 0.988. The van der Waals surface area contributed by atoms with E-state index < -0.39 is 7.69 Å². The maximum absolute atomic E-state index is 7.12. The Morgan fingerprint density at radius 2 is 1.40 bits per heavy atom. The summed E-state index contributed by atoms with van der Waals surface area (Å²) in [6.45, 7) is 0. The third-order valence-corrected chi connectivity index (χ3v) is 1.68. The molecule has 0 spiro atoms. The van der Waals surface area contributed by atoms with Gasteiger partial charge in [0.2, 0.25) is 0 Å². The molecule has 2 aliphatic rings. The highest BCUT2D eigenvalue weighted by Gasteiger charge is 2.06. The fourth-order valence-electron chi connectivity index (χ4n) is 0.988. The van der Waals surface area contributed by atoms with Crippen LogP contribution >= 0.6 is 0 Å². The molecule has 0 aromatic carbocycles. The van der Waals surface area contributed by atoms with Crippen molar-refractivity contribution in [3.05, 3.63) is 54.9 Å². The van der Waals surface area contributed by atoms with Gasteiger partial charge >= 0.3 is 7.69 Å². The van der Waals surface area contributed by atoms with Crippen molar-refractivity contribution < 1.29 is 10.0 Å². The number of fused-ring (bicyclic) bond motifs is 1. The first kappa shape index (κ1) is 11.4. The van der Waals surface area contributed by atoms with Crippen LogP contribution in [0.5, 0.6) is 0 Å². The number of hydrogen-bond acceptors (Lipinski definition) is 3. The Balaban J connectivity index is 0.000000121. The molecule has 0 saturated heterocycles. The normalized spacial score (nSPS) is 8.67. The van der Waals surface area contributed by atoms with Gasteiger partial charge in [-0.2, -0.15) is 0 Å². The third-order valence-electron chi connectivity index (χ3n) is 1.68. The highest BCUT2D eigenvalue weighted by Crippen LogP contribution is 2.32. The maximum atomic E-state index is 7.12. The average molecular weight is 201 g/mol. The molecule has 15 heavy (non-hydrogen) atoms. The lowest BCUT2D eigenvalue weighted by Crippen LogP contribution is -1.75. The zero-order valence-corrected chi connectivity index (χ0v) is 8.24. The molecular formula is C11H12BNO2. The smallest absolute Gasteiger partial charge is 0.430 e. The Morgan fingerprint density at radius 3 is 1.53 bits per heavy atom. The van der Waals surface area contributed by atoms with Crippen LogP contribution in [0.4, 0.5) is 0 Å². The predicted octanol–water partition coefficient (Wildman–Crippen LogP) is 0.986. The van der Waals surface area contributed by atoms with Crippen LogP contribution in [0, 0.1) is 0 Å². The number of hydrogen-bond donors (Lipinski definition) is 2. The minimum Gasteiger partial charge on any atom is -0.430 e. The van der Waals surface area contributed by atoms with E-state index in [1.165, 1.54) is 11.1 Å². The summed E-state index contributed by atoms with van der Waals surface area (Å²) in [5.74, 6) is 0. The summed E-state index contributed by atoms with van der Waals surface area (Å²) in [5, 5.41) is 14.2. The summed E-state index contributed by atoms with van der Waals surface area (Å²) in [6.07, 6.45) is 3.50. The summed E-state index contributed by atoms with van der Waals surface area (Å²) in [5.41, 5.74) is 2.85. The Morgan fingerprint density at radius 1 is 0.867 bits per heavy atom. The van der Waals surface area contributed by atoms with E-state index in [-0.39, 0.29) is 0 Å². The van der Waals surface area contributed by atoms with E-state index in [4.69, 9.17) is 10.0 Å². The van der Waals surface area contributed by atoms with Gasteiger partial charge in [-0.1, -0.05) is 24.3 Å². The van der Waals surface area contributed by atoms with Crippen molar-refractivity contribution in [2.24, 2.45) is 0 Å². The van der Waals surface area contributed by atoms with Crippen LogP contribution in [0.15, 0.2) is 54.9 Å². The molecule has 2 N–H and O–H groups in total. The van der Waals surface area contributed by atoms with Gasteiger partial charge in [0.15, 0.2) is 0 Å². The molecule has 4 heteroatoms. The van der Waals surface area contributed by atoms with Crippen LogP contribution in [0.3, 0.4) is 0 Å². The van der Waals surface area contributed by atoms with E-state index in [0.717, 1.165) is 0 Å². The standard InChI is InChI=1S/C6H4.C5H5N.BH3O2/c1-2-5-4-6(5)3-1;1-2-4-6-5-3-1;2-1-3/h1-4H;1-5H;1-3H. The number of nitrogens with zero attached hydrogens (tertiary/aromatic N) is 1. The molecule has 0 unspecified atom stereocenters. The first-order valence-corrected chi connectivity index (χ1v) is 4.55. The summed E-state index contributed by atoms with van der Waals surface area (Å²) < 4.78 is 0. The average Bonchev–Trinajstić information content (AvgIpc) is 2.90. The lowest BCUT2D eigenvalue weighted by Gasteiger charge is -1.70. The minimum atomic E-state index is -0.750. The van der Waals surface area contributed by atoms with Crippen molar-refractivity contribution in [3.8, 4) is 11.1 Å². The first-order chi connectivity index (χ1) is 7.38. The summed E-state index contributed by atoms with van der Waals surface area (Å²) >= 11 is 0. The van der Waals surface area contributed by atoms with Crippen molar-refractivity contribution in [1.82, 2.24) is 4.98 Å². The Bertz CT molecular complexity index is 337. The largest absolute Gasteiger partial charge is 0.432 e. The maximum Gasteiger partial charge on any atom is 0.432 e. The molecule has 0 amide bonds. The highest BCUT2D eigenvalue weighted by atomic mass is 16.4. The lowest BCUT2D eigenvalue weighted by molar-refractivity contribution is 0.448. The second-order valence-corrected chi connectivity index (χ2v) is 2.75. The molecule has 0 atom stereocenters. The van der Waals surface area contributed by atoms with E-state index >= 15 is 0 Å². The van der Waals surface area contributed by atoms with Gasteiger partial charge in [0.05, 0.1) is 0 Å². The van der Waals surface area contributed by atoms with Gasteiger partial charge in [0.1, 0.15) is 0 Å². The molecule has 1 heterocycles. The molecule has 3 nitrogen and oxygen atoms in total. The second kappa shape index (κ2) is 6.76. The van der Waals surface area contributed by atoms with Crippen LogP contribution in [-0.2, 0) is 0 Å². The topological polar surface area (TPSA) is 53.4 Å². The molecule has 1 aromatic rings. The van der Waals surface area contributed by atoms with Crippen LogP contribution in [-0.4, -0.2) is 22.7 Å². The highest BCUT2D eigenvalue weighted by molar-refractivity contribution is 6.13. The minimum absolute atomic E-state index is 0.750. The van der Waals surface area contributed by atoms with Gasteiger partial charge in [0.25, 0.3) is 0 Å². The van der Waals surface area contributed by atoms with Crippen molar-refractivity contribution in [2.75, 3.05) is 0 Å². The summed E-state index contributed by atoms with van der Waals surface area (Å²) in [6, 6.07) is 14.2. The van der Waals surface area contributed by atoms with Gasteiger partial charge in [-0.3, -0.25) is 4.98 Å². The summed E-state index contributed by atoms with van der Waals surface area (Å²) in [7, 11) is -0.750. The molecule has 76 valence electrons. The second-order valence-electron chi connectivity index (χ2n) is 2.75. The van der Waals surface area contributed by atoms with E-state index in [1.807, 2.05) is 18.2 Å². The zero-order chi connectivity index (χ0) is 10.9. The molecule has 2 aliphatic carbocycles. The molecule has 0 aliphatic heterocycles. The van der Waals surface area contributed by atoms with Gasteiger partial charge in [0, 0.05) is 12.4 Å². The quantitative estimate of drug-likeness (QED) is 0.533. The monoisotopic (exact) mass is 201 g/mol. The molecule has 0 radical (unpaired) electrons. The van der Waals surface area contributed by atoms with Crippen LogP contribution in [0.2, 0.25) is 0 Å². The van der Waals surface area contributed by atoms with E-state index in [9.17, 15) is 0 Å². The van der Waals surface area contributed by atoms with Crippen LogP contribution < -0.4 is 0 Å². The molecule has 0 fully saturated rings. The summed E-state index contributed by atoms with van der Waals surface area (Å²) in [4.78, 5) is 3.78. The fraction of sp³-hybridized carbons (Fsp3) is 0. The van der Waals surface area contributed by atoms with Crippen molar-refractivity contribution in [3.63, 3.8) is 0 Å². The van der Waals surface area contributed by atoms with Gasteiger partial charge < -0.3 is 10.0 Å². The van der Waals surface area contributed by atoms with Crippen molar-refractivity contribution in [1.29, 1.82) is 0 Å². The van der Waals surface area contributed by atoms with E-state index in [0.29, 0.717) is 0 Å². The van der Waals surface area contributed by atoms with Gasteiger partial charge in [-0.25, -0.2) is 0 Å². The molecule has 3 rings (SSSR count). The van der Waals surface area contributed by atoms with E-state index in [1.54, 1.807) is 12.4 Å². The van der Waals surface area contributed by atoms with E-state index in [2.05, 4.69) is 29.2 Å². The van der Waals surface area contributed by atoms with Crippen molar-refractivity contribution >= 4 is 7.69 Å². The molecule has 0 bridgehead atoms. The van der Waals surface area contributed by atoms with Crippen LogP contribution in [0.1, 0.15) is 0 Å². The molecule has 0 saturated carbocycles. The zero-order valence-electron chi connectivity index (χ0n) is 8.24. The Kier molecular flexibility index (Phi) is 5.15. The Hall–Kier alpha value is -1.65. The van der Waals surface area contributed by atoms with Gasteiger partial charge in [-0.15, -0.1) is 0 Å². The number of pyridine rings is 1. The number of aromatic nitrogens is 1. The first-order valence-electron chi connectivity index (χ1n) is 4.55. The van der Waals surface area contributed by atoms with Gasteiger partial charge in [-0.05, 0) is 29.3 Å². The molecule has 1 aromatic heterocycles. The third kappa shape index (κ3) is 4.95. The lowest BCUT2D eigenvalue weighted by atomic mass is 10.5. The Labute approximate surface area is 89.4 Å². The predicted molar refractivity (Wildman–Crippen MR) is 61.3 cm³/mol.